The highest BCUT2D eigenvalue weighted by Crippen LogP contribution is 2.37. The molecule has 4 aromatic rings. The third kappa shape index (κ3) is 7.85. The van der Waals surface area contributed by atoms with Gasteiger partial charge in [-0.1, -0.05) is 49.8 Å². The van der Waals surface area contributed by atoms with Gasteiger partial charge >= 0.3 is 0 Å². The van der Waals surface area contributed by atoms with Crippen LogP contribution in [0.3, 0.4) is 0 Å². The summed E-state index contributed by atoms with van der Waals surface area (Å²) in [5.41, 5.74) is 8.21. The van der Waals surface area contributed by atoms with E-state index < -0.39 is 0 Å². The molecule has 0 spiro atoms. The molecule has 7 heteroatoms. The average Bonchev–Trinajstić information content (AvgIpc) is 3.14. The summed E-state index contributed by atoms with van der Waals surface area (Å²) < 4.78 is 16.9. The number of rotatable bonds is 13. The van der Waals surface area contributed by atoms with Crippen molar-refractivity contribution in [1.82, 2.24) is 15.2 Å². The van der Waals surface area contributed by atoms with Crippen LogP contribution in [0.1, 0.15) is 48.9 Å². The second-order valence-corrected chi connectivity index (χ2v) is 12.6. The van der Waals surface area contributed by atoms with Crippen molar-refractivity contribution in [2.75, 3.05) is 45.9 Å². The van der Waals surface area contributed by atoms with Crippen LogP contribution in [0.5, 0.6) is 17.2 Å². The van der Waals surface area contributed by atoms with E-state index in [1.807, 2.05) is 12.3 Å². The van der Waals surface area contributed by atoms with Crippen LogP contribution in [0.25, 0.3) is 11.3 Å². The van der Waals surface area contributed by atoms with Crippen LogP contribution in [0, 0.1) is 0 Å². The fraction of sp³-hybridized carbons (Fsp3) is 0.341. The smallest absolute Gasteiger partial charge is 0.163 e. The lowest BCUT2D eigenvalue weighted by molar-refractivity contribution is 0.224. The standard InChI is InChI=1S/C41H48N4O3/c1-5-9-33-26-34(27-40(47-3)41(33)48-4)39-25-31(17-21-43-39)29-45(35-12-14-37(46-2)15-13-35)36-18-22-44(23-19-36)28-30-16-20-42-38(24-30)32-10-7-6-8-11-32/h6-8,10-17,20-21,24-27,36,38,42H,5,9,18-19,22-23,28-29H2,1-4H3. The Labute approximate surface area is 285 Å². The quantitative estimate of drug-likeness (QED) is 0.158. The van der Waals surface area contributed by atoms with E-state index in [1.54, 1.807) is 21.3 Å². The van der Waals surface area contributed by atoms with Gasteiger partial charge in [0.1, 0.15) is 5.75 Å². The van der Waals surface area contributed by atoms with Crippen LogP contribution in [0.4, 0.5) is 5.69 Å². The van der Waals surface area contributed by atoms with Gasteiger partial charge in [0.15, 0.2) is 11.5 Å². The van der Waals surface area contributed by atoms with E-state index in [4.69, 9.17) is 19.2 Å². The van der Waals surface area contributed by atoms with E-state index in [9.17, 15) is 0 Å². The summed E-state index contributed by atoms with van der Waals surface area (Å²) in [7, 11) is 5.12. The number of likely N-dealkylation sites (tertiary alicyclic amines) is 1. The highest BCUT2D eigenvalue weighted by Gasteiger charge is 2.26. The number of ether oxygens (including phenoxy) is 3. The Morgan fingerprint density at radius 3 is 2.40 bits per heavy atom. The van der Waals surface area contributed by atoms with Crippen molar-refractivity contribution in [2.24, 2.45) is 0 Å². The minimum atomic E-state index is 0.219. The van der Waals surface area contributed by atoms with Gasteiger partial charge in [0, 0.05) is 49.7 Å². The molecule has 0 radical (unpaired) electrons. The molecule has 2 aliphatic heterocycles. The van der Waals surface area contributed by atoms with Gasteiger partial charge in [-0.25, -0.2) is 0 Å². The first-order chi connectivity index (χ1) is 23.6. The van der Waals surface area contributed by atoms with Gasteiger partial charge in [-0.15, -0.1) is 0 Å². The number of dihydropyridines is 1. The molecular formula is C41H48N4O3. The summed E-state index contributed by atoms with van der Waals surface area (Å²) >= 11 is 0. The van der Waals surface area contributed by atoms with Crippen molar-refractivity contribution < 1.29 is 14.2 Å². The van der Waals surface area contributed by atoms with E-state index in [0.29, 0.717) is 6.04 Å². The lowest BCUT2D eigenvalue weighted by Crippen LogP contribution is -2.45. The van der Waals surface area contributed by atoms with Crippen LogP contribution in [0.2, 0.25) is 0 Å². The minimum absolute atomic E-state index is 0.219. The molecule has 0 amide bonds. The first-order valence-electron chi connectivity index (χ1n) is 17.1. The zero-order chi connectivity index (χ0) is 33.3. The van der Waals surface area contributed by atoms with Crippen LogP contribution >= 0.6 is 0 Å². The summed E-state index contributed by atoms with van der Waals surface area (Å²) in [6, 6.07) is 28.4. The Hall–Kier alpha value is -4.75. The fourth-order valence-corrected chi connectivity index (χ4v) is 6.96. The molecule has 1 fully saturated rings. The summed E-state index contributed by atoms with van der Waals surface area (Å²) in [5.74, 6) is 2.41. The number of anilines is 1. The van der Waals surface area contributed by atoms with Crippen molar-refractivity contribution in [3.63, 3.8) is 0 Å². The fourth-order valence-electron chi connectivity index (χ4n) is 6.96. The third-order valence-electron chi connectivity index (χ3n) is 9.47. The van der Waals surface area contributed by atoms with Gasteiger partial charge in [-0.05, 0) is 102 Å². The average molecular weight is 645 g/mol. The molecule has 1 saturated heterocycles. The zero-order valence-electron chi connectivity index (χ0n) is 28.7. The predicted molar refractivity (Wildman–Crippen MR) is 195 cm³/mol. The minimum Gasteiger partial charge on any atom is -0.497 e. The Kier molecular flexibility index (Phi) is 11.0. The van der Waals surface area contributed by atoms with Crippen molar-refractivity contribution in [3.05, 3.63) is 126 Å². The van der Waals surface area contributed by atoms with E-state index in [0.717, 1.165) is 85.9 Å². The summed E-state index contributed by atoms with van der Waals surface area (Å²) in [5, 5.41) is 3.50. The molecule has 6 rings (SSSR count). The Bertz CT molecular complexity index is 1700. The van der Waals surface area contributed by atoms with Gasteiger partial charge in [-0.3, -0.25) is 9.88 Å². The number of pyridine rings is 1. The molecule has 3 heterocycles. The zero-order valence-corrected chi connectivity index (χ0v) is 28.7. The number of nitrogens with zero attached hydrogens (tertiary/aromatic N) is 3. The SMILES string of the molecule is CCCc1cc(-c2cc(CN(c3ccc(OC)cc3)C3CCN(CC4=CC(c5ccccc5)NC=C4)CC3)ccn2)cc(OC)c1OC. The summed E-state index contributed by atoms with van der Waals surface area (Å²) in [6.07, 6.45) is 12.7. The highest BCUT2D eigenvalue weighted by molar-refractivity contribution is 5.67. The maximum absolute atomic E-state index is 5.73. The Morgan fingerprint density at radius 2 is 1.69 bits per heavy atom. The van der Waals surface area contributed by atoms with Gasteiger partial charge in [0.2, 0.25) is 0 Å². The maximum atomic E-state index is 5.73. The van der Waals surface area contributed by atoms with Crippen molar-refractivity contribution in [2.45, 2.75) is 51.2 Å². The Balaban J connectivity index is 1.19. The van der Waals surface area contributed by atoms with Gasteiger partial charge in [0.25, 0.3) is 0 Å². The predicted octanol–water partition coefficient (Wildman–Crippen LogP) is 7.98. The van der Waals surface area contributed by atoms with Crippen LogP contribution in [-0.2, 0) is 13.0 Å². The van der Waals surface area contributed by atoms with Crippen LogP contribution in [-0.4, -0.2) is 56.9 Å². The van der Waals surface area contributed by atoms with Gasteiger partial charge < -0.3 is 24.4 Å². The number of nitrogens with one attached hydrogen (secondary N) is 1. The summed E-state index contributed by atoms with van der Waals surface area (Å²) in [4.78, 5) is 9.96. The second kappa shape index (κ2) is 15.9. The topological polar surface area (TPSA) is 59.1 Å². The molecule has 0 bridgehead atoms. The lowest BCUT2D eigenvalue weighted by Gasteiger charge is -2.40. The number of hydrogen-bond donors (Lipinski definition) is 1. The molecule has 1 N–H and O–H groups in total. The number of methoxy groups -OCH3 is 3. The monoisotopic (exact) mass is 644 g/mol. The molecule has 48 heavy (non-hydrogen) atoms. The van der Waals surface area contributed by atoms with E-state index in [-0.39, 0.29) is 6.04 Å². The number of hydrogen-bond acceptors (Lipinski definition) is 7. The van der Waals surface area contributed by atoms with Crippen LogP contribution < -0.4 is 24.4 Å². The molecule has 1 unspecified atom stereocenters. The van der Waals surface area contributed by atoms with Gasteiger partial charge in [0.05, 0.1) is 33.1 Å². The molecule has 250 valence electrons. The number of benzene rings is 3. The molecular weight excluding hydrogens is 596 g/mol. The first kappa shape index (κ1) is 33.2. The molecule has 2 aliphatic rings. The third-order valence-corrected chi connectivity index (χ3v) is 9.47. The molecule has 3 aromatic carbocycles. The van der Waals surface area contributed by atoms with Crippen molar-refractivity contribution >= 4 is 5.69 Å². The maximum Gasteiger partial charge on any atom is 0.163 e. The van der Waals surface area contributed by atoms with Gasteiger partial charge in [-0.2, -0.15) is 0 Å². The normalized spacial score (nSPS) is 16.6. The number of piperidine rings is 1. The van der Waals surface area contributed by atoms with Crippen molar-refractivity contribution in [3.8, 4) is 28.5 Å². The number of aromatic nitrogens is 1. The Morgan fingerprint density at radius 1 is 0.896 bits per heavy atom. The highest BCUT2D eigenvalue weighted by atomic mass is 16.5. The largest absolute Gasteiger partial charge is 0.497 e. The molecule has 0 saturated carbocycles. The molecule has 7 nitrogen and oxygen atoms in total. The number of aryl methyl sites for hydroxylation is 1. The lowest BCUT2D eigenvalue weighted by atomic mass is 9.98. The van der Waals surface area contributed by atoms with Crippen molar-refractivity contribution in [1.29, 1.82) is 0 Å². The van der Waals surface area contributed by atoms with E-state index in [1.165, 1.54) is 22.4 Å². The molecule has 1 aromatic heterocycles. The summed E-state index contributed by atoms with van der Waals surface area (Å²) in [6.45, 7) is 6.05. The molecule has 0 aliphatic carbocycles. The first-order valence-corrected chi connectivity index (χ1v) is 17.1. The van der Waals surface area contributed by atoms with Crippen LogP contribution in [0.15, 0.2) is 109 Å². The molecule has 1 atom stereocenters. The second-order valence-electron chi connectivity index (χ2n) is 12.6. The van der Waals surface area contributed by atoms with E-state index in [2.05, 4.69) is 113 Å². The van der Waals surface area contributed by atoms with E-state index >= 15 is 0 Å².